The third-order valence-corrected chi connectivity index (χ3v) is 4.84. The van der Waals surface area contributed by atoms with Gasteiger partial charge in [0.05, 0.1) is 5.39 Å². The smallest absolute Gasteiger partial charge is 0.260 e. The third kappa shape index (κ3) is 3.31. The Morgan fingerprint density at radius 3 is 2.71 bits per heavy atom. The minimum atomic E-state index is -0.0883. The maximum absolute atomic E-state index is 12.2. The Morgan fingerprint density at radius 2 is 2.00 bits per heavy atom. The van der Waals surface area contributed by atoms with Crippen LogP contribution >= 0.6 is 11.3 Å². The fraction of sp³-hybridized carbons (Fsp3) is 0.158. The number of thiophene rings is 1. The molecule has 0 aliphatic carbocycles. The van der Waals surface area contributed by atoms with Crippen LogP contribution < -0.4 is 10.3 Å². The van der Waals surface area contributed by atoms with Gasteiger partial charge in [-0.05, 0) is 43.2 Å². The average Bonchev–Trinajstić information content (AvgIpc) is 2.86. The Labute approximate surface area is 144 Å². The molecule has 2 heterocycles. The van der Waals surface area contributed by atoms with Crippen molar-refractivity contribution in [2.75, 3.05) is 6.61 Å². The number of hydrogen-bond acceptors (Lipinski definition) is 4. The summed E-state index contributed by atoms with van der Waals surface area (Å²) in [7, 11) is 0. The maximum Gasteiger partial charge on any atom is 0.260 e. The zero-order chi connectivity index (χ0) is 17.1. The number of nitrogens with zero attached hydrogens (tertiary/aromatic N) is 1. The number of aromatic nitrogens is 2. The topological polar surface area (TPSA) is 55.0 Å². The zero-order valence-electron chi connectivity index (χ0n) is 13.6. The molecular formula is C19H18N2O2S. The van der Waals surface area contributed by atoms with Crippen LogP contribution in [0.2, 0.25) is 0 Å². The van der Waals surface area contributed by atoms with Gasteiger partial charge in [0.15, 0.2) is 0 Å². The van der Waals surface area contributed by atoms with Crippen molar-refractivity contribution in [3.8, 4) is 5.75 Å². The van der Waals surface area contributed by atoms with E-state index < -0.39 is 0 Å². The molecule has 0 fully saturated rings. The van der Waals surface area contributed by atoms with Crippen LogP contribution in [-0.4, -0.2) is 16.6 Å². The first kappa shape index (κ1) is 16.2. The summed E-state index contributed by atoms with van der Waals surface area (Å²) in [6.07, 6.45) is 5.43. The lowest BCUT2D eigenvalue weighted by molar-refractivity contribution is 0.363. The quantitative estimate of drug-likeness (QED) is 0.704. The van der Waals surface area contributed by atoms with Crippen LogP contribution in [0.25, 0.3) is 22.4 Å². The Bertz CT molecular complexity index is 965. The van der Waals surface area contributed by atoms with Crippen molar-refractivity contribution >= 4 is 33.7 Å². The summed E-state index contributed by atoms with van der Waals surface area (Å²) in [5, 5.41) is 0.693. The predicted molar refractivity (Wildman–Crippen MR) is 101 cm³/mol. The normalized spacial score (nSPS) is 11.2. The number of rotatable bonds is 5. The maximum atomic E-state index is 12.2. The Kier molecular flexibility index (Phi) is 4.62. The summed E-state index contributed by atoms with van der Waals surface area (Å²) in [4.78, 5) is 21.5. The fourth-order valence-electron chi connectivity index (χ4n) is 2.36. The molecule has 0 saturated heterocycles. The number of nitrogens with one attached hydrogen (secondary N) is 1. The predicted octanol–water partition coefficient (Wildman–Crippen LogP) is 4.34. The summed E-state index contributed by atoms with van der Waals surface area (Å²) >= 11 is 1.55. The number of ether oxygens (including phenoxy) is 1. The van der Waals surface area contributed by atoms with Crippen molar-refractivity contribution < 1.29 is 4.74 Å². The molecule has 0 radical (unpaired) electrons. The molecule has 1 aromatic carbocycles. The largest absolute Gasteiger partial charge is 0.490 e. The molecule has 0 unspecified atom stereocenters. The van der Waals surface area contributed by atoms with E-state index >= 15 is 0 Å². The van der Waals surface area contributed by atoms with E-state index in [9.17, 15) is 4.79 Å². The van der Waals surface area contributed by atoms with Crippen LogP contribution in [0.5, 0.6) is 5.75 Å². The van der Waals surface area contributed by atoms with E-state index in [4.69, 9.17) is 4.74 Å². The number of benzene rings is 1. The molecule has 122 valence electrons. The SMILES string of the molecule is C=CCOc1ccc(C=Cc2nc3sc(C)c(C)c3c(=O)[nH]2)cc1. The highest BCUT2D eigenvalue weighted by Gasteiger charge is 2.10. The Morgan fingerprint density at radius 1 is 1.25 bits per heavy atom. The minimum Gasteiger partial charge on any atom is -0.490 e. The highest BCUT2D eigenvalue weighted by molar-refractivity contribution is 7.18. The summed E-state index contributed by atoms with van der Waals surface area (Å²) < 4.78 is 5.45. The van der Waals surface area contributed by atoms with Gasteiger partial charge in [0.2, 0.25) is 0 Å². The lowest BCUT2D eigenvalue weighted by Gasteiger charge is -2.02. The first-order valence-electron chi connectivity index (χ1n) is 7.60. The first-order chi connectivity index (χ1) is 11.6. The van der Waals surface area contributed by atoms with Gasteiger partial charge in [0, 0.05) is 4.88 Å². The first-order valence-corrected chi connectivity index (χ1v) is 8.42. The van der Waals surface area contributed by atoms with Crippen molar-refractivity contribution in [2.24, 2.45) is 0 Å². The van der Waals surface area contributed by atoms with Gasteiger partial charge >= 0.3 is 0 Å². The third-order valence-electron chi connectivity index (χ3n) is 3.74. The molecule has 1 N–H and O–H groups in total. The van der Waals surface area contributed by atoms with Gasteiger partial charge in [-0.25, -0.2) is 4.98 Å². The van der Waals surface area contributed by atoms with Gasteiger partial charge in [0.1, 0.15) is 23.0 Å². The van der Waals surface area contributed by atoms with Gasteiger partial charge < -0.3 is 9.72 Å². The van der Waals surface area contributed by atoms with Crippen molar-refractivity contribution in [3.05, 3.63) is 69.1 Å². The van der Waals surface area contributed by atoms with Crippen LogP contribution in [0.3, 0.4) is 0 Å². The van der Waals surface area contributed by atoms with E-state index in [0.717, 1.165) is 26.6 Å². The molecule has 0 bridgehead atoms. The summed E-state index contributed by atoms with van der Waals surface area (Å²) in [5.41, 5.74) is 1.92. The molecule has 4 nitrogen and oxygen atoms in total. The van der Waals surface area contributed by atoms with Crippen LogP contribution in [0, 0.1) is 13.8 Å². The highest BCUT2D eigenvalue weighted by atomic mass is 32.1. The van der Waals surface area contributed by atoms with E-state index in [-0.39, 0.29) is 5.56 Å². The van der Waals surface area contributed by atoms with E-state index in [1.807, 2.05) is 50.3 Å². The lowest BCUT2D eigenvalue weighted by Crippen LogP contribution is -2.09. The van der Waals surface area contributed by atoms with Gasteiger partial charge in [-0.3, -0.25) is 4.79 Å². The summed E-state index contributed by atoms with van der Waals surface area (Å²) in [6.45, 7) is 8.07. The van der Waals surface area contributed by atoms with Crippen molar-refractivity contribution in [3.63, 3.8) is 0 Å². The zero-order valence-corrected chi connectivity index (χ0v) is 14.4. The molecule has 0 amide bonds. The minimum absolute atomic E-state index is 0.0883. The van der Waals surface area contributed by atoms with Crippen molar-refractivity contribution in [1.29, 1.82) is 0 Å². The summed E-state index contributed by atoms with van der Waals surface area (Å²) in [5.74, 6) is 1.35. The van der Waals surface area contributed by atoms with E-state index in [1.165, 1.54) is 0 Å². The average molecular weight is 338 g/mol. The molecule has 0 spiro atoms. The number of hydrogen-bond donors (Lipinski definition) is 1. The molecule has 0 aliphatic heterocycles. The molecule has 24 heavy (non-hydrogen) atoms. The van der Waals surface area contributed by atoms with Crippen LogP contribution in [0.1, 0.15) is 21.8 Å². The van der Waals surface area contributed by atoms with E-state index in [2.05, 4.69) is 16.5 Å². The van der Waals surface area contributed by atoms with Crippen LogP contribution in [0.4, 0.5) is 0 Å². The molecule has 5 heteroatoms. The number of fused-ring (bicyclic) bond motifs is 1. The molecular weight excluding hydrogens is 320 g/mol. The monoisotopic (exact) mass is 338 g/mol. The number of aryl methyl sites for hydroxylation is 2. The fourth-order valence-corrected chi connectivity index (χ4v) is 3.39. The van der Waals surface area contributed by atoms with Crippen molar-refractivity contribution in [1.82, 2.24) is 9.97 Å². The van der Waals surface area contributed by atoms with Gasteiger partial charge in [0.25, 0.3) is 5.56 Å². The van der Waals surface area contributed by atoms with E-state index in [0.29, 0.717) is 17.8 Å². The molecule has 0 aliphatic rings. The molecule has 0 saturated carbocycles. The van der Waals surface area contributed by atoms with Gasteiger partial charge in [-0.2, -0.15) is 0 Å². The van der Waals surface area contributed by atoms with Gasteiger partial charge in [-0.1, -0.05) is 30.9 Å². The highest BCUT2D eigenvalue weighted by Crippen LogP contribution is 2.25. The van der Waals surface area contributed by atoms with E-state index in [1.54, 1.807) is 17.4 Å². The second-order valence-electron chi connectivity index (χ2n) is 5.42. The second kappa shape index (κ2) is 6.84. The second-order valence-corrected chi connectivity index (χ2v) is 6.62. The van der Waals surface area contributed by atoms with Crippen LogP contribution in [0.15, 0.2) is 41.7 Å². The number of H-pyrrole nitrogens is 1. The molecule has 0 atom stereocenters. The Balaban J connectivity index is 1.85. The van der Waals surface area contributed by atoms with Crippen molar-refractivity contribution in [2.45, 2.75) is 13.8 Å². The van der Waals surface area contributed by atoms with Gasteiger partial charge in [-0.15, -0.1) is 11.3 Å². The molecule has 3 rings (SSSR count). The summed E-state index contributed by atoms with van der Waals surface area (Å²) in [6, 6.07) is 7.69. The molecule has 2 aromatic heterocycles. The Hall–Kier alpha value is -2.66. The molecule has 3 aromatic rings. The van der Waals surface area contributed by atoms with Crippen LogP contribution in [-0.2, 0) is 0 Å². The standard InChI is InChI=1S/C19H18N2O2S/c1-4-11-23-15-8-5-14(6-9-15)7-10-16-20-18(22)17-12(2)13(3)24-19(17)21-16/h4-10H,1,11H2,2-3H3,(H,20,21,22). The number of aromatic amines is 1. The lowest BCUT2D eigenvalue weighted by atomic mass is 10.2.